The monoisotopic (exact) mass is 391 g/mol. The zero-order valence-corrected chi connectivity index (χ0v) is 14.3. The highest BCUT2D eigenvalue weighted by molar-refractivity contribution is 14.0. The van der Waals surface area contributed by atoms with Crippen molar-refractivity contribution in [3.8, 4) is 0 Å². The summed E-state index contributed by atoms with van der Waals surface area (Å²) >= 11 is 0. The second kappa shape index (κ2) is 8.72. The Bertz CT molecular complexity index is 442. The Balaban J connectivity index is 0.00000361. The van der Waals surface area contributed by atoms with E-state index in [4.69, 9.17) is 5.73 Å². The average Bonchev–Trinajstić information content (AvgIpc) is 2.34. The van der Waals surface area contributed by atoms with Crippen LogP contribution in [0.3, 0.4) is 0 Å². The van der Waals surface area contributed by atoms with Crippen molar-refractivity contribution in [2.75, 3.05) is 18.4 Å². The van der Waals surface area contributed by atoms with Gasteiger partial charge in [0.05, 0.1) is 6.54 Å². The van der Waals surface area contributed by atoms with Crippen molar-refractivity contribution in [3.63, 3.8) is 0 Å². The van der Waals surface area contributed by atoms with Gasteiger partial charge in [-0.2, -0.15) is 0 Å². The highest BCUT2D eigenvalue weighted by Gasteiger charge is 2.19. The van der Waals surface area contributed by atoms with Gasteiger partial charge in [0.2, 0.25) is 5.91 Å². The van der Waals surface area contributed by atoms with Crippen molar-refractivity contribution in [2.24, 2.45) is 16.1 Å². The number of anilines is 1. The predicted molar refractivity (Wildman–Crippen MR) is 92.2 cm³/mol. The van der Waals surface area contributed by atoms with Crippen LogP contribution in [0.4, 0.5) is 5.82 Å². The number of aromatic nitrogens is 1. The van der Waals surface area contributed by atoms with Gasteiger partial charge < -0.3 is 16.4 Å². The molecule has 20 heavy (non-hydrogen) atoms. The molecule has 1 aromatic heterocycles. The zero-order valence-electron chi connectivity index (χ0n) is 12.0. The normalized spacial score (nSPS) is 11.4. The van der Waals surface area contributed by atoms with E-state index in [-0.39, 0.29) is 41.3 Å². The summed E-state index contributed by atoms with van der Waals surface area (Å²) in [6.07, 6.45) is 1.67. The van der Waals surface area contributed by atoms with Gasteiger partial charge in [-0.25, -0.2) is 4.98 Å². The van der Waals surface area contributed by atoms with Crippen molar-refractivity contribution in [3.05, 3.63) is 24.4 Å². The number of hydrogen-bond donors (Lipinski definition) is 3. The maximum Gasteiger partial charge on any atom is 0.225 e. The number of carbonyl (C=O) groups is 1. The molecule has 0 aliphatic carbocycles. The molecular weight excluding hydrogens is 369 g/mol. The van der Waals surface area contributed by atoms with E-state index >= 15 is 0 Å². The van der Waals surface area contributed by atoms with Gasteiger partial charge in [-0.05, 0) is 12.1 Å². The summed E-state index contributed by atoms with van der Waals surface area (Å²) in [7, 11) is 0. The number of pyridine rings is 1. The van der Waals surface area contributed by atoms with Gasteiger partial charge in [-0.15, -0.1) is 24.0 Å². The number of guanidine groups is 1. The fourth-order valence-electron chi connectivity index (χ4n) is 1.22. The smallest absolute Gasteiger partial charge is 0.225 e. The summed E-state index contributed by atoms with van der Waals surface area (Å²) in [5.41, 5.74) is 5.31. The molecule has 1 heterocycles. The fraction of sp³-hybridized carbons (Fsp3) is 0.462. The molecular formula is C13H22IN5O. The summed E-state index contributed by atoms with van der Waals surface area (Å²) < 4.78 is 0. The Morgan fingerprint density at radius 3 is 2.65 bits per heavy atom. The topological polar surface area (TPSA) is 92.4 Å². The first-order chi connectivity index (χ1) is 8.89. The van der Waals surface area contributed by atoms with Crippen LogP contribution in [0.1, 0.15) is 20.8 Å². The Kier molecular flexibility index (Phi) is 8.12. The van der Waals surface area contributed by atoms with Crippen LogP contribution >= 0.6 is 24.0 Å². The molecule has 1 amide bonds. The second-order valence-corrected chi connectivity index (χ2v) is 5.11. The highest BCUT2D eigenvalue weighted by atomic mass is 127. The van der Waals surface area contributed by atoms with Gasteiger partial charge in [0, 0.05) is 18.2 Å². The minimum Gasteiger partial charge on any atom is -0.370 e. The molecule has 0 fully saturated rings. The van der Waals surface area contributed by atoms with Gasteiger partial charge in [0.25, 0.3) is 0 Å². The summed E-state index contributed by atoms with van der Waals surface area (Å²) in [5, 5.41) is 5.66. The molecule has 0 unspecified atom stereocenters. The third-order valence-corrected chi connectivity index (χ3v) is 2.28. The Hall–Kier alpha value is -1.38. The van der Waals surface area contributed by atoms with Crippen molar-refractivity contribution in [1.82, 2.24) is 10.3 Å². The van der Waals surface area contributed by atoms with Gasteiger partial charge >= 0.3 is 0 Å². The molecule has 1 rings (SSSR count). The summed E-state index contributed by atoms with van der Waals surface area (Å²) in [6, 6.07) is 5.47. The van der Waals surface area contributed by atoms with Crippen LogP contribution in [0.15, 0.2) is 29.4 Å². The number of carbonyl (C=O) groups excluding carboxylic acids is 1. The van der Waals surface area contributed by atoms with E-state index in [1.807, 2.05) is 32.9 Å². The molecule has 0 atom stereocenters. The molecule has 1 aromatic rings. The molecule has 0 aliphatic rings. The number of hydrogen-bond acceptors (Lipinski definition) is 3. The van der Waals surface area contributed by atoms with E-state index in [9.17, 15) is 4.79 Å². The molecule has 0 saturated carbocycles. The summed E-state index contributed by atoms with van der Waals surface area (Å²) in [5.74, 6) is 0.921. The Morgan fingerprint density at radius 1 is 1.40 bits per heavy atom. The molecule has 0 aliphatic heterocycles. The van der Waals surface area contributed by atoms with Crippen molar-refractivity contribution >= 4 is 41.7 Å². The maximum atomic E-state index is 11.6. The van der Waals surface area contributed by atoms with Crippen LogP contribution in [-0.4, -0.2) is 29.9 Å². The Labute approximate surface area is 136 Å². The van der Waals surface area contributed by atoms with E-state index in [2.05, 4.69) is 20.6 Å². The lowest BCUT2D eigenvalue weighted by molar-refractivity contribution is -0.128. The summed E-state index contributed by atoms with van der Waals surface area (Å²) in [6.45, 7) is 6.47. The first kappa shape index (κ1) is 18.6. The number of nitrogens with one attached hydrogen (secondary N) is 2. The zero-order chi connectivity index (χ0) is 14.3. The van der Waals surface area contributed by atoms with Gasteiger partial charge in [0.1, 0.15) is 5.82 Å². The van der Waals surface area contributed by atoms with Crippen LogP contribution in [-0.2, 0) is 4.79 Å². The molecule has 0 spiro atoms. The van der Waals surface area contributed by atoms with E-state index in [1.54, 1.807) is 12.3 Å². The number of nitrogens with two attached hydrogens (primary N) is 1. The van der Waals surface area contributed by atoms with E-state index in [1.165, 1.54) is 0 Å². The lowest BCUT2D eigenvalue weighted by atomic mass is 9.96. The number of halogens is 1. The van der Waals surface area contributed by atoms with Gasteiger partial charge in [-0.1, -0.05) is 26.8 Å². The lowest BCUT2D eigenvalue weighted by Gasteiger charge is -2.17. The van der Waals surface area contributed by atoms with E-state index in [0.29, 0.717) is 18.9 Å². The van der Waals surface area contributed by atoms with Crippen LogP contribution in [0, 0.1) is 5.41 Å². The molecule has 112 valence electrons. The quantitative estimate of drug-likeness (QED) is 0.315. The molecule has 7 heteroatoms. The Morgan fingerprint density at radius 2 is 2.10 bits per heavy atom. The third kappa shape index (κ3) is 7.27. The first-order valence-electron chi connectivity index (χ1n) is 6.16. The molecule has 4 N–H and O–H groups in total. The van der Waals surface area contributed by atoms with Crippen LogP contribution in [0.5, 0.6) is 0 Å². The standard InChI is InChI=1S/C13H21N5O.HI/c1-13(2,3)11(19)16-8-9-17-12(14)18-10-6-4-5-7-15-10;/h4-7H,8-9H2,1-3H3,(H,16,19)(H3,14,15,17,18);1H. The largest absolute Gasteiger partial charge is 0.370 e. The lowest BCUT2D eigenvalue weighted by Crippen LogP contribution is -2.36. The second-order valence-electron chi connectivity index (χ2n) is 5.11. The average molecular weight is 391 g/mol. The van der Waals surface area contributed by atoms with E-state index < -0.39 is 0 Å². The summed E-state index contributed by atoms with van der Waals surface area (Å²) in [4.78, 5) is 19.8. The minimum atomic E-state index is -0.387. The number of aliphatic imine (C=N–C) groups is 1. The number of rotatable bonds is 4. The first-order valence-corrected chi connectivity index (χ1v) is 6.16. The SMILES string of the molecule is CC(C)(C)C(=O)NCCN=C(N)Nc1ccccn1.I. The van der Waals surface area contributed by atoms with Crippen LogP contribution in [0.25, 0.3) is 0 Å². The van der Waals surface area contributed by atoms with Crippen LogP contribution < -0.4 is 16.4 Å². The van der Waals surface area contributed by atoms with Gasteiger partial charge in [-0.3, -0.25) is 9.79 Å². The number of nitrogens with zero attached hydrogens (tertiary/aromatic N) is 2. The molecule has 6 nitrogen and oxygen atoms in total. The molecule has 0 aromatic carbocycles. The number of amides is 1. The van der Waals surface area contributed by atoms with E-state index in [0.717, 1.165) is 0 Å². The highest BCUT2D eigenvalue weighted by Crippen LogP contribution is 2.11. The van der Waals surface area contributed by atoms with Crippen LogP contribution in [0.2, 0.25) is 0 Å². The maximum absolute atomic E-state index is 11.6. The molecule has 0 saturated heterocycles. The van der Waals surface area contributed by atoms with Crippen molar-refractivity contribution in [1.29, 1.82) is 0 Å². The molecule has 0 radical (unpaired) electrons. The van der Waals surface area contributed by atoms with Gasteiger partial charge in [0.15, 0.2) is 5.96 Å². The minimum absolute atomic E-state index is 0. The molecule has 0 bridgehead atoms. The third-order valence-electron chi connectivity index (χ3n) is 2.28. The van der Waals surface area contributed by atoms with Crippen molar-refractivity contribution in [2.45, 2.75) is 20.8 Å². The van der Waals surface area contributed by atoms with Crippen molar-refractivity contribution < 1.29 is 4.79 Å². The predicted octanol–water partition coefficient (Wildman–Crippen LogP) is 1.59. The fourth-order valence-corrected chi connectivity index (χ4v) is 1.22.